The Hall–Kier alpha value is -1.55. The Morgan fingerprint density at radius 2 is 2.33 bits per heavy atom. The van der Waals surface area contributed by atoms with Gasteiger partial charge in [-0.3, -0.25) is 0 Å². The van der Waals surface area contributed by atoms with Crippen LogP contribution in [0.2, 0.25) is 0 Å². The number of hydrogen-bond acceptors (Lipinski definition) is 3. The van der Waals surface area contributed by atoms with E-state index in [2.05, 4.69) is 34.0 Å². The number of rotatable bonds is 3. The van der Waals surface area contributed by atoms with E-state index in [4.69, 9.17) is 4.74 Å². The van der Waals surface area contributed by atoms with Crippen molar-refractivity contribution in [3.63, 3.8) is 0 Å². The number of anilines is 1. The van der Waals surface area contributed by atoms with Crippen molar-refractivity contribution >= 4 is 16.9 Å². The lowest BCUT2D eigenvalue weighted by atomic mass is 10.1. The molecule has 0 amide bonds. The van der Waals surface area contributed by atoms with Gasteiger partial charge < -0.3 is 14.6 Å². The third-order valence-electron chi connectivity index (χ3n) is 3.54. The highest BCUT2D eigenvalue weighted by Gasteiger charge is 2.16. The standard InChI is InChI=1S/C14H19N3O/c1-17(10-12-4-2-3-9-18-12)13-6-5-11-7-8-15-14(11)16-13/h5-8,12H,2-4,9-10H2,1H3,(H,15,16)/t12-/m1/s1. The summed E-state index contributed by atoms with van der Waals surface area (Å²) in [5.74, 6) is 0.999. The number of nitrogens with zero attached hydrogens (tertiary/aromatic N) is 2. The van der Waals surface area contributed by atoms with E-state index in [0.717, 1.165) is 36.4 Å². The zero-order valence-corrected chi connectivity index (χ0v) is 10.7. The molecule has 0 aliphatic carbocycles. The van der Waals surface area contributed by atoms with Gasteiger partial charge in [0.05, 0.1) is 6.10 Å². The van der Waals surface area contributed by atoms with Crippen molar-refractivity contribution in [2.24, 2.45) is 0 Å². The highest BCUT2D eigenvalue weighted by atomic mass is 16.5. The van der Waals surface area contributed by atoms with Crippen molar-refractivity contribution in [2.75, 3.05) is 25.1 Å². The van der Waals surface area contributed by atoms with E-state index >= 15 is 0 Å². The van der Waals surface area contributed by atoms with Gasteiger partial charge in [-0.2, -0.15) is 0 Å². The molecule has 2 aromatic heterocycles. The maximum Gasteiger partial charge on any atom is 0.139 e. The van der Waals surface area contributed by atoms with Gasteiger partial charge in [0.1, 0.15) is 11.5 Å². The average Bonchev–Trinajstić information content (AvgIpc) is 2.87. The lowest BCUT2D eigenvalue weighted by Gasteiger charge is -2.28. The fourth-order valence-corrected chi connectivity index (χ4v) is 2.48. The maximum atomic E-state index is 5.77. The molecule has 4 nitrogen and oxygen atoms in total. The van der Waals surface area contributed by atoms with Crippen LogP contribution in [0.4, 0.5) is 5.82 Å². The van der Waals surface area contributed by atoms with E-state index in [1.54, 1.807) is 0 Å². The molecular weight excluding hydrogens is 226 g/mol. The molecule has 4 heteroatoms. The molecule has 3 heterocycles. The molecule has 0 radical (unpaired) electrons. The molecule has 0 aromatic carbocycles. The number of aromatic nitrogens is 2. The molecule has 96 valence electrons. The third kappa shape index (κ3) is 2.34. The van der Waals surface area contributed by atoms with Crippen LogP contribution in [0.3, 0.4) is 0 Å². The quantitative estimate of drug-likeness (QED) is 0.903. The van der Waals surface area contributed by atoms with Crippen LogP contribution in [0, 0.1) is 0 Å². The normalized spacial score (nSPS) is 20.2. The molecule has 1 aliphatic rings. The lowest BCUT2D eigenvalue weighted by Crippen LogP contribution is -2.33. The minimum Gasteiger partial charge on any atom is -0.376 e. The van der Waals surface area contributed by atoms with Gasteiger partial charge in [0.25, 0.3) is 0 Å². The molecule has 1 saturated heterocycles. The van der Waals surface area contributed by atoms with Crippen LogP contribution in [0.5, 0.6) is 0 Å². The van der Waals surface area contributed by atoms with Gasteiger partial charge in [-0.25, -0.2) is 4.98 Å². The Bertz CT molecular complexity index is 516. The molecule has 1 N–H and O–H groups in total. The van der Waals surface area contributed by atoms with E-state index in [-0.39, 0.29) is 0 Å². The number of likely N-dealkylation sites (N-methyl/N-ethyl adjacent to an activating group) is 1. The van der Waals surface area contributed by atoms with Gasteiger partial charge in [-0.15, -0.1) is 0 Å². The second-order valence-corrected chi connectivity index (χ2v) is 4.95. The highest BCUT2D eigenvalue weighted by molar-refractivity contribution is 5.77. The van der Waals surface area contributed by atoms with Crippen LogP contribution in [0.15, 0.2) is 24.4 Å². The Labute approximate surface area is 107 Å². The molecule has 0 saturated carbocycles. The first-order valence-electron chi connectivity index (χ1n) is 6.60. The van der Waals surface area contributed by atoms with Crippen LogP contribution < -0.4 is 4.90 Å². The molecule has 1 fully saturated rings. The summed E-state index contributed by atoms with van der Waals surface area (Å²) in [5, 5.41) is 1.15. The Kier molecular flexibility index (Phi) is 3.19. The number of aromatic amines is 1. The minimum atomic E-state index is 0.352. The molecule has 0 spiro atoms. The minimum absolute atomic E-state index is 0.352. The van der Waals surface area contributed by atoms with Crippen molar-refractivity contribution in [1.82, 2.24) is 9.97 Å². The largest absolute Gasteiger partial charge is 0.376 e. The van der Waals surface area contributed by atoms with Gasteiger partial charge in [-0.1, -0.05) is 0 Å². The van der Waals surface area contributed by atoms with Crippen molar-refractivity contribution in [3.05, 3.63) is 24.4 Å². The summed E-state index contributed by atoms with van der Waals surface area (Å²) in [6.45, 7) is 1.82. The summed E-state index contributed by atoms with van der Waals surface area (Å²) in [7, 11) is 2.08. The Balaban J connectivity index is 1.72. The second kappa shape index (κ2) is 4.98. The first kappa shape index (κ1) is 11.5. The Morgan fingerprint density at radius 1 is 1.39 bits per heavy atom. The van der Waals surface area contributed by atoms with E-state index in [1.807, 2.05) is 12.3 Å². The fourth-order valence-electron chi connectivity index (χ4n) is 2.48. The lowest BCUT2D eigenvalue weighted by molar-refractivity contribution is 0.0215. The molecule has 0 bridgehead atoms. The molecule has 1 aliphatic heterocycles. The van der Waals surface area contributed by atoms with Crippen molar-refractivity contribution < 1.29 is 4.74 Å². The zero-order chi connectivity index (χ0) is 12.4. The van der Waals surface area contributed by atoms with E-state index in [1.165, 1.54) is 12.8 Å². The topological polar surface area (TPSA) is 41.1 Å². The summed E-state index contributed by atoms with van der Waals surface area (Å²) < 4.78 is 5.77. The van der Waals surface area contributed by atoms with Crippen LogP contribution >= 0.6 is 0 Å². The average molecular weight is 245 g/mol. The number of nitrogens with one attached hydrogen (secondary N) is 1. The molecule has 18 heavy (non-hydrogen) atoms. The van der Waals surface area contributed by atoms with Gasteiger partial charge in [0.2, 0.25) is 0 Å². The second-order valence-electron chi connectivity index (χ2n) is 4.95. The van der Waals surface area contributed by atoms with Crippen LogP contribution in [-0.2, 0) is 4.74 Å². The molecule has 3 rings (SSSR count). The summed E-state index contributed by atoms with van der Waals surface area (Å²) in [4.78, 5) is 9.94. The number of fused-ring (bicyclic) bond motifs is 1. The van der Waals surface area contributed by atoms with Crippen LogP contribution in [-0.4, -0.2) is 36.3 Å². The Morgan fingerprint density at radius 3 is 3.17 bits per heavy atom. The zero-order valence-electron chi connectivity index (χ0n) is 10.7. The first-order valence-corrected chi connectivity index (χ1v) is 6.60. The number of ether oxygens (including phenoxy) is 1. The molecule has 1 atom stereocenters. The van der Waals surface area contributed by atoms with Crippen LogP contribution in [0.25, 0.3) is 11.0 Å². The first-order chi connectivity index (χ1) is 8.83. The number of H-pyrrole nitrogens is 1. The highest BCUT2D eigenvalue weighted by Crippen LogP contribution is 2.19. The summed E-state index contributed by atoms with van der Waals surface area (Å²) in [5.41, 5.74) is 0.948. The maximum absolute atomic E-state index is 5.77. The molecule has 2 aromatic rings. The predicted molar refractivity (Wildman–Crippen MR) is 73.0 cm³/mol. The van der Waals surface area contributed by atoms with E-state index in [9.17, 15) is 0 Å². The predicted octanol–water partition coefficient (Wildman–Crippen LogP) is 2.57. The third-order valence-corrected chi connectivity index (χ3v) is 3.54. The van der Waals surface area contributed by atoms with Crippen molar-refractivity contribution in [1.29, 1.82) is 0 Å². The van der Waals surface area contributed by atoms with E-state index in [0.29, 0.717) is 6.10 Å². The summed E-state index contributed by atoms with van der Waals surface area (Å²) in [6.07, 6.45) is 5.92. The number of pyridine rings is 1. The number of hydrogen-bond donors (Lipinski definition) is 1. The molecular formula is C14H19N3O. The smallest absolute Gasteiger partial charge is 0.139 e. The van der Waals surface area contributed by atoms with Gasteiger partial charge in [0, 0.05) is 31.8 Å². The fraction of sp³-hybridized carbons (Fsp3) is 0.500. The van der Waals surface area contributed by atoms with Crippen molar-refractivity contribution in [2.45, 2.75) is 25.4 Å². The van der Waals surface area contributed by atoms with Gasteiger partial charge >= 0.3 is 0 Å². The SMILES string of the molecule is CN(C[C@H]1CCCCO1)c1ccc2cc[nH]c2n1. The van der Waals surface area contributed by atoms with Gasteiger partial charge in [-0.05, 0) is 37.5 Å². The summed E-state index contributed by atoms with van der Waals surface area (Å²) in [6, 6.07) is 6.21. The summed E-state index contributed by atoms with van der Waals surface area (Å²) >= 11 is 0. The van der Waals surface area contributed by atoms with Gasteiger partial charge in [0.15, 0.2) is 0 Å². The van der Waals surface area contributed by atoms with Crippen molar-refractivity contribution in [3.8, 4) is 0 Å². The monoisotopic (exact) mass is 245 g/mol. The molecule has 0 unspecified atom stereocenters. The van der Waals surface area contributed by atoms with Crippen LogP contribution in [0.1, 0.15) is 19.3 Å². The van der Waals surface area contributed by atoms with E-state index < -0.39 is 0 Å².